The molecule has 68 valence electrons. The number of nitrogens with two attached hydrogens (primary N) is 2. The molecule has 2 nitrogen and oxygen atoms in total. The Bertz CT molecular complexity index is 103. The first-order chi connectivity index (χ1) is 4.83. The van der Waals surface area contributed by atoms with Gasteiger partial charge in [-0.2, -0.15) is 0 Å². The minimum atomic E-state index is -0.0977. The second-order valence-corrected chi connectivity index (χ2v) is 4.19. The van der Waals surface area contributed by atoms with Crippen LogP contribution in [0.1, 0.15) is 47.0 Å². The molecule has 4 N–H and O–H groups in total. The van der Waals surface area contributed by atoms with Crippen LogP contribution in [0.3, 0.4) is 0 Å². The zero-order valence-corrected chi connectivity index (χ0v) is 8.28. The fourth-order valence-electron chi connectivity index (χ4n) is 1.17. The highest BCUT2D eigenvalue weighted by Gasteiger charge is 2.26. The van der Waals surface area contributed by atoms with Crippen molar-refractivity contribution >= 4 is 0 Å². The highest BCUT2D eigenvalue weighted by atomic mass is 14.8. The van der Waals surface area contributed by atoms with Crippen LogP contribution in [-0.2, 0) is 0 Å². The zero-order valence-electron chi connectivity index (χ0n) is 8.28. The van der Waals surface area contributed by atoms with Gasteiger partial charge in [-0.05, 0) is 33.1 Å². The largest absolute Gasteiger partial charge is 0.325 e. The normalized spacial score (nSPS) is 22.4. The first-order valence-electron chi connectivity index (χ1n) is 4.41. The predicted octanol–water partition coefficient (Wildman–Crippen LogP) is 1.63. The first kappa shape index (κ1) is 10.9. The highest BCUT2D eigenvalue weighted by molar-refractivity contribution is 4.89. The van der Waals surface area contributed by atoms with Crippen molar-refractivity contribution in [2.24, 2.45) is 11.5 Å². The molecule has 0 radical (unpaired) electrons. The lowest BCUT2D eigenvalue weighted by Crippen LogP contribution is -2.48. The van der Waals surface area contributed by atoms with Gasteiger partial charge in [0.1, 0.15) is 0 Å². The molecule has 2 atom stereocenters. The van der Waals surface area contributed by atoms with Gasteiger partial charge < -0.3 is 11.5 Å². The van der Waals surface area contributed by atoms with Gasteiger partial charge in [0, 0.05) is 11.1 Å². The molecule has 0 aromatic carbocycles. The van der Waals surface area contributed by atoms with Crippen molar-refractivity contribution < 1.29 is 0 Å². The molecule has 0 aliphatic heterocycles. The Morgan fingerprint density at radius 2 is 1.18 bits per heavy atom. The van der Waals surface area contributed by atoms with Crippen molar-refractivity contribution in [3.63, 3.8) is 0 Å². The molecule has 0 amide bonds. The molecule has 0 aromatic rings. The molecule has 2 unspecified atom stereocenters. The SMILES string of the molecule is CCC(C)(N)CC(C)(N)CC. The summed E-state index contributed by atoms with van der Waals surface area (Å²) >= 11 is 0. The Kier molecular flexibility index (Phi) is 3.52. The quantitative estimate of drug-likeness (QED) is 0.653. The highest BCUT2D eigenvalue weighted by Crippen LogP contribution is 2.21. The molecule has 0 fully saturated rings. The van der Waals surface area contributed by atoms with Crippen LogP contribution in [0.25, 0.3) is 0 Å². The Balaban J connectivity index is 4.02. The number of hydrogen-bond donors (Lipinski definition) is 2. The van der Waals surface area contributed by atoms with Crippen LogP contribution in [0.4, 0.5) is 0 Å². The van der Waals surface area contributed by atoms with Crippen LogP contribution in [0.15, 0.2) is 0 Å². The minimum Gasteiger partial charge on any atom is -0.325 e. The Labute approximate surface area is 70.3 Å². The summed E-state index contributed by atoms with van der Waals surface area (Å²) in [6, 6.07) is 0. The van der Waals surface area contributed by atoms with E-state index in [0.29, 0.717) is 0 Å². The lowest BCUT2D eigenvalue weighted by atomic mass is 9.82. The summed E-state index contributed by atoms with van der Waals surface area (Å²) in [6.07, 6.45) is 2.87. The maximum Gasteiger partial charge on any atom is 0.0140 e. The van der Waals surface area contributed by atoms with Gasteiger partial charge in [0.2, 0.25) is 0 Å². The van der Waals surface area contributed by atoms with Crippen LogP contribution in [0.5, 0.6) is 0 Å². The summed E-state index contributed by atoms with van der Waals surface area (Å²) in [5.41, 5.74) is 11.8. The van der Waals surface area contributed by atoms with Crippen LogP contribution < -0.4 is 11.5 Å². The van der Waals surface area contributed by atoms with E-state index in [0.717, 1.165) is 19.3 Å². The van der Waals surface area contributed by atoms with Crippen LogP contribution in [0, 0.1) is 0 Å². The van der Waals surface area contributed by atoms with Gasteiger partial charge in [-0.1, -0.05) is 13.8 Å². The van der Waals surface area contributed by atoms with Crippen molar-refractivity contribution in [3.05, 3.63) is 0 Å². The molecule has 0 spiro atoms. The third-order valence-electron chi connectivity index (χ3n) is 2.42. The second kappa shape index (κ2) is 3.55. The summed E-state index contributed by atoms with van der Waals surface area (Å²) in [5, 5.41) is 0. The average molecular weight is 158 g/mol. The van der Waals surface area contributed by atoms with Crippen molar-refractivity contribution in [3.8, 4) is 0 Å². The minimum absolute atomic E-state index is 0.0977. The van der Waals surface area contributed by atoms with Crippen LogP contribution in [-0.4, -0.2) is 11.1 Å². The van der Waals surface area contributed by atoms with Gasteiger partial charge in [-0.3, -0.25) is 0 Å². The first-order valence-corrected chi connectivity index (χ1v) is 4.41. The van der Waals surface area contributed by atoms with E-state index in [2.05, 4.69) is 27.7 Å². The molecule has 0 heterocycles. The molecular weight excluding hydrogens is 136 g/mol. The van der Waals surface area contributed by atoms with E-state index in [1.807, 2.05) is 0 Å². The predicted molar refractivity (Wildman–Crippen MR) is 50.4 cm³/mol. The monoisotopic (exact) mass is 158 g/mol. The summed E-state index contributed by atoms with van der Waals surface area (Å²) in [4.78, 5) is 0. The van der Waals surface area contributed by atoms with E-state index in [-0.39, 0.29) is 11.1 Å². The molecule has 0 aromatic heterocycles. The molecule has 0 rings (SSSR count). The van der Waals surface area contributed by atoms with Crippen molar-refractivity contribution in [1.29, 1.82) is 0 Å². The van der Waals surface area contributed by atoms with Gasteiger partial charge in [-0.25, -0.2) is 0 Å². The Morgan fingerprint density at radius 1 is 0.909 bits per heavy atom. The van der Waals surface area contributed by atoms with E-state index < -0.39 is 0 Å². The molecular formula is C9H22N2. The third-order valence-corrected chi connectivity index (χ3v) is 2.42. The molecule has 2 heteroatoms. The third kappa shape index (κ3) is 4.38. The fraction of sp³-hybridized carbons (Fsp3) is 1.00. The van der Waals surface area contributed by atoms with Crippen LogP contribution >= 0.6 is 0 Å². The molecule has 0 saturated heterocycles. The van der Waals surface area contributed by atoms with E-state index >= 15 is 0 Å². The van der Waals surface area contributed by atoms with Gasteiger partial charge in [0.15, 0.2) is 0 Å². The van der Waals surface area contributed by atoms with Crippen molar-refractivity contribution in [2.75, 3.05) is 0 Å². The maximum absolute atomic E-state index is 6.00. The zero-order chi connectivity index (χ0) is 9.12. The fourth-order valence-corrected chi connectivity index (χ4v) is 1.17. The Hall–Kier alpha value is -0.0800. The van der Waals surface area contributed by atoms with Crippen molar-refractivity contribution in [2.45, 2.75) is 58.0 Å². The summed E-state index contributed by atoms with van der Waals surface area (Å²) in [6.45, 7) is 8.33. The Morgan fingerprint density at radius 3 is 1.36 bits per heavy atom. The molecule has 0 aliphatic rings. The molecule has 0 aliphatic carbocycles. The average Bonchev–Trinajstić information content (AvgIpc) is 1.86. The van der Waals surface area contributed by atoms with E-state index in [4.69, 9.17) is 11.5 Å². The van der Waals surface area contributed by atoms with Crippen LogP contribution in [0.2, 0.25) is 0 Å². The van der Waals surface area contributed by atoms with E-state index in [9.17, 15) is 0 Å². The van der Waals surface area contributed by atoms with Gasteiger partial charge >= 0.3 is 0 Å². The van der Waals surface area contributed by atoms with Gasteiger partial charge in [0.25, 0.3) is 0 Å². The summed E-state index contributed by atoms with van der Waals surface area (Å²) < 4.78 is 0. The van der Waals surface area contributed by atoms with Crippen molar-refractivity contribution in [1.82, 2.24) is 0 Å². The number of rotatable bonds is 4. The second-order valence-electron chi connectivity index (χ2n) is 4.19. The molecule has 0 saturated carbocycles. The molecule has 0 bridgehead atoms. The standard InChI is InChI=1S/C9H22N2/c1-5-8(3,10)7-9(4,11)6-2/h5-7,10-11H2,1-4H3. The van der Waals surface area contributed by atoms with E-state index in [1.165, 1.54) is 0 Å². The lowest BCUT2D eigenvalue weighted by Gasteiger charge is -2.33. The summed E-state index contributed by atoms with van der Waals surface area (Å²) in [5.74, 6) is 0. The summed E-state index contributed by atoms with van der Waals surface area (Å²) in [7, 11) is 0. The smallest absolute Gasteiger partial charge is 0.0140 e. The number of hydrogen-bond acceptors (Lipinski definition) is 2. The van der Waals surface area contributed by atoms with E-state index in [1.54, 1.807) is 0 Å². The molecule has 11 heavy (non-hydrogen) atoms. The van der Waals surface area contributed by atoms with Gasteiger partial charge in [-0.15, -0.1) is 0 Å². The van der Waals surface area contributed by atoms with Gasteiger partial charge in [0.05, 0.1) is 0 Å². The topological polar surface area (TPSA) is 52.0 Å². The maximum atomic E-state index is 6.00. The lowest BCUT2D eigenvalue weighted by molar-refractivity contribution is 0.296.